The van der Waals surface area contributed by atoms with Crippen LogP contribution in [0.15, 0.2) is 23.0 Å². The topological polar surface area (TPSA) is 51.0 Å². The van der Waals surface area contributed by atoms with E-state index in [0.717, 1.165) is 34.6 Å². The Morgan fingerprint density at radius 1 is 1.30 bits per heavy atom. The Morgan fingerprint density at radius 3 is 2.85 bits per heavy atom. The molecule has 20 heavy (non-hydrogen) atoms. The minimum Gasteiger partial charge on any atom is -0.472 e. The molecule has 0 amide bonds. The summed E-state index contributed by atoms with van der Waals surface area (Å²) in [6, 6.07) is 1.89. The van der Waals surface area contributed by atoms with Crippen molar-refractivity contribution in [3.8, 4) is 11.4 Å². The van der Waals surface area contributed by atoms with E-state index in [4.69, 9.17) is 4.42 Å². The molecule has 0 atom stereocenters. The summed E-state index contributed by atoms with van der Waals surface area (Å²) in [5.41, 5.74) is 2.18. The summed E-state index contributed by atoms with van der Waals surface area (Å²) in [4.78, 5) is 11.7. The van der Waals surface area contributed by atoms with Crippen LogP contribution in [-0.2, 0) is 0 Å². The van der Waals surface area contributed by atoms with Gasteiger partial charge in [-0.2, -0.15) is 0 Å². The fraction of sp³-hybridized carbons (Fsp3) is 0.333. The van der Waals surface area contributed by atoms with Crippen LogP contribution in [0.5, 0.6) is 0 Å². The van der Waals surface area contributed by atoms with Gasteiger partial charge >= 0.3 is 0 Å². The first-order valence-corrected chi connectivity index (χ1v) is 7.56. The molecule has 0 aliphatic carbocycles. The highest BCUT2D eigenvalue weighted by Crippen LogP contribution is 2.34. The molecule has 0 aliphatic heterocycles. The molecule has 4 nitrogen and oxygen atoms in total. The van der Waals surface area contributed by atoms with Gasteiger partial charge < -0.3 is 9.73 Å². The molecule has 5 heteroatoms. The summed E-state index contributed by atoms with van der Waals surface area (Å²) in [6.45, 7) is 7.31. The maximum atomic E-state index is 5.13. The number of hydrogen-bond donors (Lipinski definition) is 1. The van der Waals surface area contributed by atoms with Crippen LogP contribution in [0.3, 0.4) is 0 Å². The molecule has 1 N–H and O–H groups in total. The molecule has 0 radical (unpaired) electrons. The van der Waals surface area contributed by atoms with Crippen LogP contribution in [0.1, 0.15) is 23.8 Å². The average molecular weight is 287 g/mol. The van der Waals surface area contributed by atoms with Gasteiger partial charge in [0, 0.05) is 11.4 Å². The minimum atomic E-state index is 0.714. The van der Waals surface area contributed by atoms with Gasteiger partial charge in [-0.15, -0.1) is 11.3 Å². The molecular formula is C15H17N3OS. The molecular weight excluding hydrogens is 270 g/mol. The van der Waals surface area contributed by atoms with Crippen molar-refractivity contribution in [2.24, 2.45) is 0 Å². The van der Waals surface area contributed by atoms with Crippen molar-refractivity contribution in [3.05, 3.63) is 29.0 Å². The van der Waals surface area contributed by atoms with Gasteiger partial charge in [0.15, 0.2) is 5.82 Å². The quantitative estimate of drug-likeness (QED) is 0.773. The van der Waals surface area contributed by atoms with Crippen LogP contribution >= 0.6 is 11.3 Å². The Labute approximate surface area is 121 Å². The summed E-state index contributed by atoms with van der Waals surface area (Å²) in [5.74, 6) is 1.64. The van der Waals surface area contributed by atoms with Crippen molar-refractivity contribution in [1.82, 2.24) is 9.97 Å². The molecule has 3 heterocycles. The Kier molecular flexibility index (Phi) is 3.44. The summed E-state index contributed by atoms with van der Waals surface area (Å²) in [5, 5.41) is 4.57. The van der Waals surface area contributed by atoms with Crippen molar-refractivity contribution in [3.63, 3.8) is 0 Å². The van der Waals surface area contributed by atoms with E-state index >= 15 is 0 Å². The van der Waals surface area contributed by atoms with Gasteiger partial charge in [-0.3, -0.25) is 0 Å². The summed E-state index contributed by atoms with van der Waals surface area (Å²) in [7, 11) is 0. The van der Waals surface area contributed by atoms with Crippen molar-refractivity contribution >= 4 is 27.4 Å². The normalized spacial score (nSPS) is 11.2. The molecule has 0 spiro atoms. The van der Waals surface area contributed by atoms with Crippen molar-refractivity contribution in [2.45, 2.75) is 27.2 Å². The SMILES string of the molecule is CCCNc1nc(-c2ccoc2)nc2sc(C)c(C)c12. The molecule has 3 aromatic rings. The molecule has 0 aromatic carbocycles. The number of nitrogens with zero attached hydrogens (tertiary/aromatic N) is 2. The van der Waals surface area contributed by atoms with E-state index in [1.807, 2.05) is 6.07 Å². The van der Waals surface area contributed by atoms with E-state index in [1.54, 1.807) is 23.9 Å². The third-order valence-electron chi connectivity index (χ3n) is 3.35. The number of anilines is 1. The van der Waals surface area contributed by atoms with E-state index in [0.29, 0.717) is 5.82 Å². The Hall–Kier alpha value is -1.88. The van der Waals surface area contributed by atoms with Crippen molar-refractivity contribution < 1.29 is 4.42 Å². The van der Waals surface area contributed by atoms with Crippen LogP contribution in [0.25, 0.3) is 21.6 Å². The van der Waals surface area contributed by atoms with E-state index in [9.17, 15) is 0 Å². The van der Waals surface area contributed by atoms with E-state index in [2.05, 4.69) is 36.1 Å². The van der Waals surface area contributed by atoms with Gasteiger partial charge in [-0.25, -0.2) is 9.97 Å². The number of aryl methyl sites for hydroxylation is 2. The predicted octanol–water partition coefficient (Wildman–Crippen LogP) is 4.39. The zero-order valence-electron chi connectivity index (χ0n) is 11.9. The van der Waals surface area contributed by atoms with E-state index in [1.165, 1.54) is 10.4 Å². The van der Waals surface area contributed by atoms with Crippen LogP contribution in [0, 0.1) is 13.8 Å². The summed E-state index contributed by atoms with van der Waals surface area (Å²) < 4.78 is 5.13. The Morgan fingerprint density at radius 2 is 2.15 bits per heavy atom. The lowest BCUT2D eigenvalue weighted by molar-refractivity contribution is 0.568. The van der Waals surface area contributed by atoms with Crippen LogP contribution in [0.4, 0.5) is 5.82 Å². The van der Waals surface area contributed by atoms with Crippen molar-refractivity contribution in [2.75, 3.05) is 11.9 Å². The lowest BCUT2D eigenvalue weighted by Gasteiger charge is -2.08. The first-order valence-electron chi connectivity index (χ1n) is 6.75. The van der Waals surface area contributed by atoms with E-state index in [-0.39, 0.29) is 0 Å². The second kappa shape index (κ2) is 5.25. The molecule has 0 bridgehead atoms. The predicted molar refractivity (Wildman–Crippen MR) is 83.4 cm³/mol. The largest absolute Gasteiger partial charge is 0.472 e. The number of hydrogen-bond acceptors (Lipinski definition) is 5. The number of fused-ring (bicyclic) bond motifs is 1. The summed E-state index contributed by atoms with van der Waals surface area (Å²) in [6.07, 6.45) is 4.39. The lowest BCUT2D eigenvalue weighted by atomic mass is 10.2. The van der Waals surface area contributed by atoms with E-state index < -0.39 is 0 Å². The maximum absolute atomic E-state index is 5.13. The van der Waals surface area contributed by atoms with Crippen molar-refractivity contribution in [1.29, 1.82) is 0 Å². The first kappa shape index (κ1) is 13.1. The molecule has 0 unspecified atom stereocenters. The Balaban J connectivity index is 2.20. The molecule has 0 saturated carbocycles. The fourth-order valence-electron chi connectivity index (χ4n) is 2.14. The highest BCUT2D eigenvalue weighted by Gasteiger charge is 2.15. The second-order valence-electron chi connectivity index (χ2n) is 4.80. The fourth-order valence-corrected chi connectivity index (χ4v) is 3.17. The molecule has 0 aliphatic rings. The molecule has 104 valence electrons. The smallest absolute Gasteiger partial charge is 0.166 e. The molecule has 0 fully saturated rings. The number of furan rings is 1. The first-order chi connectivity index (χ1) is 9.70. The highest BCUT2D eigenvalue weighted by molar-refractivity contribution is 7.18. The van der Waals surface area contributed by atoms with Gasteiger partial charge in [-0.1, -0.05) is 6.92 Å². The monoisotopic (exact) mass is 287 g/mol. The highest BCUT2D eigenvalue weighted by atomic mass is 32.1. The van der Waals surface area contributed by atoms with Gasteiger partial charge in [0.05, 0.1) is 17.2 Å². The number of rotatable bonds is 4. The van der Waals surface area contributed by atoms with Gasteiger partial charge in [0.2, 0.25) is 0 Å². The van der Waals surface area contributed by atoms with Crippen LogP contribution in [-0.4, -0.2) is 16.5 Å². The van der Waals surface area contributed by atoms with Gasteiger partial charge in [0.25, 0.3) is 0 Å². The number of thiophene rings is 1. The second-order valence-corrected chi connectivity index (χ2v) is 6.00. The molecule has 3 rings (SSSR count). The van der Waals surface area contributed by atoms with Gasteiger partial charge in [-0.05, 0) is 31.9 Å². The zero-order valence-corrected chi connectivity index (χ0v) is 12.7. The van der Waals surface area contributed by atoms with Crippen LogP contribution in [0.2, 0.25) is 0 Å². The third kappa shape index (κ3) is 2.18. The minimum absolute atomic E-state index is 0.714. The molecule has 0 saturated heterocycles. The lowest BCUT2D eigenvalue weighted by Crippen LogP contribution is -2.04. The summed E-state index contributed by atoms with van der Waals surface area (Å²) >= 11 is 1.72. The molecule has 3 aromatic heterocycles. The number of nitrogens with one attached hydrogen (secondary N) is 1. The average Bonchev–Trinajstić information content (AvgIpc) is 3.06. The van der Waals surface area contributed by atoms with Gasteiger partial charge in [0.1, 0.15) is 16.9 Å². The van der Waals surface area contributed by atoms with Crippen LogP contribution < -0.4 is 5.32 Å². The maximum Gasteiger partial charge on any atom is 0.166 e. The Bertz CT molecular complexity index is 731. The number of aromatic nitrogens is 2. The third-order valence-corrected chi connectivity index (χ3v) is 4.45. The standard InChI is InChI=1S/C15H17N3OS/c1-4-6-16-14-12-9(2)10(3)20-15(12)18-13(17-14)11-5-7-19-8-11/h5,7-8H,4,6H2,1-3H3,(H,16,17,18). The zero-order chi connectivity index (χ0) is 14.1.